The lowest BCUT2D eigenvalue weighted by Gasteiger charge is -2.13. The molecule has 23 heavy (non-hydrogen) atoms. The summed E-state index contributed by atoms with van der Waals surface area (Å²) < 4.78 is 0. The molecule has 0 heterocycles. The van der Waals surface area contributed by atoms with Gasteiger partial charge in [0.05, 0.1) is 6.54 Å². The lowest BCUT2D eigenvalue weighted by atomic mass is 10.1. The predicted molar refractivity (Wildman–Crippen MR) is 112 cm³/mol. The van der Waals surface area contributed by atoms with Gasteiger partial charge in [-0.3, -0.25) is 0 Å². The Labute approximate surface area is 159 Å². The quantitative estimate of drug-likeness (QED) is 0.376. The van der Waals surface area contributed by atoms with Crippen LogP contribution in [0.4, 0.5) is 0 Å². The van der Waals surface area contributed by atoms with Gasteiger partial charge in [0.25, 0.3) is 0 Å². The number of hydrogen-bond donors (Lipinski definition) is 2. The molecule has 1 aromatic carbocycles. The fraction of sp³-hybridized carbons (Fsp3) is 0.611. The summed E-state index contributed by atoms with van der Waals surface area (Å²) in [5.41, 5.74) is 2.58. The van der Waals surface area contributed by atoms with Gasteiger partial charge in [-0.05, 0) is 44.5 Å². The van der Waals surface area contributed by atoms with E-state index in [2.05, 4.69) is 79.7 Å². The summed E-state index contributed by atoms with van der Waals surface area (Å²) in [7, 11) is 4.18. The Bertz CT molecular complexity index is 458. The number of halogens is 1. The summed E-state index contributed by atoms with van der Waals surface area (Å²) in [4.78, 5) is 6.86. The first-order valence-corrected chi connectivity index (χ1v) is 8.26. The van der Waals surface area contributed by atoms with Gasteiger partial charge < -0.3 is 15.5 Å². The fourth-order valence-corrected chi connectivity index (χ4v) is 2.18. The number of hydrogen-bond acceptors (Lipinski definition) is 2. The van der Waals surface area contributed by atoms with Crippen LogP contribution >= 0.6 is 24.0 Å². The number of aliphatic imine (C=N–C) groups is 1. The molecule has 0 radical (unpaired) electrons. The molecule has 0 aliphatic rings. The topological polar surface area (TPSA) is 39.7 Å². The Hall–Kier alpha value is -0.820. The minimum atomic E-state index is 0. The number of guanidine groups is 1. The maximum absolute atomic E-state index is 4.68. The molecule has 1 rings (SSSR count). The molecule has 0 fully saturated rings. The van der Waals surface area contributed by atoms with Gasteiger partial charge in [-0.2, -0.15) is 0 Å². The van der Waals surface area contributed by atoms with Crippen molar-refractivity contribution in [2.24, 2.45) is 10.9 Å². The molecule has 0 spiro atoms. The van der Waals surface area contributed by atoms with Crippen LogP contribution in [-0.4, -0.2) is 38.0 Å². The molecule has 0 saturated carbocycles. The van der Waals surface area contributed by atoms with Gasteiger partial charge in [0.15, 0.2) is 5.96 Å². The summed E-state index contributed by atoms with van der Waals surface area (Å²) in [5.74, 6) is 1.61. The largest absolute Gasteiger partial charge is 0.357 e. The first kappa shape index (κ1) is 22.2. The molecule has 0 amide bonds. The van der Waals surface area contributed by atoms with Gasteiger partial charge in [-0.25, -0.2) is 4.99 Å². The third-order valence-corrected chi connectivity index (χ3v) is 3.27. The smallest absolute Gasteiger partial charge is 0.191 e. The van der Waals surface area contributed by atoms with Crippen molar-refractivity contribution >= 4 is 29.9 Å². The van der Waals surface area contributed by atoms with Gasteiger partial charge in [-0.15, -0.1) is 24.0 Å². The maximum atomic E-state index is 4.68. The van der Waals surface area contributed by atoms with E-state index in [1.165, 1.54) is 11.1 Å². The van der Waals surface area contributed by atoms with Crippen LogP contribution in [0, 0.1) is 5.92 Å². The van der Waals surface area contributed by atoms with Crippen LogP contribution in [0.2, 0.25) is 0 Å². The van der Waals surface area contributed by atoms with E-state index in [0.717, 1.165) is 32.0 Å². The van der Waals surface area contributed by atoms with E-state index in [9.17, 15) is 0 Å². The molecule has 0 aliphatic carbocycles. The summed E-state index contributed by atoms with van der Waals surface area (Å²) in [6.45, 7) is 10.1. The van der Waals surface area contributed by atoms with Crippen molar-refractivity contribution in [3.05, 3.63) is 35.4 Å². The maximum Gasteiger partial charge on any atom is 0.191 e. The predicted octanol–water partition coefficient (Wildman–Crippen LogP) is 3.47. The number of benzene rings is 1. The van der Waals surface area contributed by atoms with E-state index < -0.39 is 0 Å². The van der Waals surface area contributed by atoms with E-state index in [1.54, 1.807) is 0 Å². The second-order valence-corrected chi connectivity index (χ2v) is 6.36. The van der Waals surface area contributed by atoms with E-state index in [-0.39, 0.29) is 24.0 Å². The monoisotopic (exact) mass is 432 g/mol. The lowest BCUT2D eigenvalue weighted by Crippen LogP contribution is -2.38. The lowest BCUT2D eigenvalue weighted by molar-refractivity contribution is 0.402. The Balaban J connectivity index is 0.00000484. The molecule has 0 bridgehead atoms. The highest BCUT2D eigenvalue weighted by Crippen LogP contribution is 2.08. The SMILES string of the molecule is CCNC(=NCc1cccc(CN(C)C)c1)NCCC(C)C.I. The first-order chi connectivity index (χ1) is 10.5. The van der Waals surface area contributed by atoms with Crippen molar-refractivity contribution < 1.29 is 0 Å². The molecule has 2 N–H and O–H groups in total. The summed E-state index contributed by atoms with van der Waals surface area (Å²) in [5, 5.41) is 6.70. The van der Waals surface area contributed by atoms with Crippen molar-refractivity contribution in [3.63, 3.8) is 0 Å². The van der Waals surface area contributed by atoms with Crippen LogP contribution in [0.15, 0.2) is 29.3 Å². The van der Waals surface area contributed by atoms with Crippen molar-refractivity contribution in [2.45, 2.75) is 40.3 Å². The minimum Gasteiger partial charge on any atom is -0.357 e. The highest BCUT2D eigenvalue weighted by molar-refractivity contribution is 14.0. The Morgan fingerprint density at radius 1 is 1.17 bits per heavy atom. The third-order valence-electron chi connectivity index (χ3n) is 3.27. The second-order valence-electron chi connectivity index (χ2n) is 6.36. The number of nitrogens with zero attached hydrogens (tertiary/aromatic N) is 2. The van der Waals surface area contributed by atoms with Crippen LogP contribution in [0.5, 0.6) is 0 Å². The zero-order chi connectivity index (χ0) is 16.4. The van der Waals surface area contributed by atoms with Gasteiger partial charge in [0.2, 0.25) is 0 Å². The van der Waals surface area contributed by atoms with Crippen LogP contribution in [0.25, 0.3) is 0 Å². The fourth-order valence-electron chi connectivity index (χ4n) is 2.18. The van der Waals surface area contributed by atoms with Crippen LogP contribution in [0.3, 0.4) is 0 Å². The van der Waals surface area contributed by atoms with E-state index in [0.29, 0.717) is 12.5 Å². The third kappa shape index (κ3) is 10.5. The van der Waals surface area contributed by atoms with Gasteiger partial charge in [0.1, 0.15) is 0 Å². The highest BCUT2D eigenvalue weighted by atomic mass is 127. The van der Waals surface area contributed by atoms with Crippen LogP contribution < -0.4 is 10.6 Å². The summed E-state index contributed by atoms with van der Waals surface area (Å²) in [6.07, 6.45) is 1.16. The van der Waals surface area contributed by atoms with Crippen molar-refractivity contribution in [1.29, 1.82) is 0 Å². The normalized spacial score (nSPS) is 11.5. The first-order valence-electron chi connectivity index (χ1n) is 8.26. The minimum absolute atomic E-state index is 0. The molecule has 0 unspecified atom stereocenters. The number of rotatable bonds is 8. The van der Waals surface area contributed by atoms with Gasteiger partial charge in [-0.1, -0.05) is 38.1 Å². The zero-order valence-electron chi connectivity index (χ0n) is 15.2. The van der Waals surface area contributed by atoms with Crippen LogP contribution in [-0.2, 0) is 13.1 Å². The van der Waals surface area contributed by atoms with E-state index >= 15 is 0 Å². The second kappa shape index (κ2) is 12.6. The molecule has 0 atom stereocenters. The zero-order valence-corrected chi connectivity index (χ0v) is 17.6. The average molecular weight is 432 g/mol. The van der Waals surface area contributed by atoms with Crippen molar-refractivity contribution in [1.82, 2.24) is 15.5 Å². The van der Waals surface area contributed by atoms with Crippen LogP contribution in [0.1, 0.15) is 38.3 Å². The molecule has 1 aromatic rings. The Morgan fingerprint density at radius 3 is 2.48 bits per heavy atom. The summed E-state index contributed by atoms with van der Waals surface area (Å²) >= 11 is 0. The Kier molecular flexibility index (Phi) is 12.1. The molecule has 132 valence electrons. The molecule has 0 aromatic heterocycles. The number of nitrogens with one attached hydrogen (secondary N) is 2. The van der Waals surface area contributed by atoms with E-state index in [4.69, 9.17) is 0 Å². The van der Waals surface area contributed by atoms with E-state index in [1.807, 2.05) is 0 Å². The Morgan fingerprint density at radius 2 is 1.87 bits per heavy atom. The van der Waals surface area contributed by atoms with Gasteiger partial charge >= 0.3 is 0 Å². The average Bonchev–Trinajstić information content (AvgIpc) is 2.44. The van der Waals surface area contributed by atoms with Gasteiger partial charge in [0, 0.05) is 19.6 Å². The molecular weight excluding hydrogens is 399 g/mol. The molecular formula is C18H33IN4. The summed E-state index contributed by atoms with van der Waals surface area (Å²) in [6, 6.07) is 8.66. The molecule has 4 nitrogen and oxygen atoms in total. The molecule has 0 saturated heterocycles. The highest BCUT2D eigenvalue weighted by Gasteiger charge is 2.00. The molecule has 0 aliphatic heterocycles. The standard InChI is InChI=1S/C18H32N4.HI/c1-6-19-18(20-11-10-15(2)3)21-13-16-8-7-9-17(12-16)14-22(4)5;/h7-9,12,15H,6,10-11,13-14H2,1-5H3,(H2,19,20,21);1H. The molecule has 5 heteroatoms. The van der Waals surface area contributed by atoms with Crippen molar-refractivity contribution in [2.75, 3.05) is 27.2 Å². The van der Waals surface area contributed by atoms with Crippen molar-refractivity contribution in [3.8, 4) is 0 Å².